The number of hydrogen-bond acceptors (Lipinski definition) is 5. The second-order valence-corrected chi connectivity index (χ2v) is 2.99. The molecule has 0 spiro atoms. The number of rotatable bonds is 1. The molecule has 5 heteroatoms. The fourth-order valence-corrected chi connectivity index (χ4v) is 1.36. The van der Waals surface area contributed by atoms with Crippen LogP contribution < -0.4 is 0 Å². The molecule has 0 bridgehead atoms. The molecule has 72 valence electrons. The third-order valence-electron chi connectivity index (χ3n) is 2.04. The Labute approximate surface area is 84.8 Å². The molecule has 0 N–H and O–H groups in total. The van der Waals surface area contributed by atoms with Gasteiger partial charge in [-0.15, -0.1) is 10.2 Å². The van der Waals surface area contributed by atoms with Crippen molar-refractivity contribution in [1.82, 2.24) is 20.2 Å². The highest BCUT2D eigenvalue weighted by atomic mass is 16.4. The summed E-state index contributed by atoms with van der Waals surface area (Å²) in [5, 5.41) is 8.37. The van der Waals surface area contributed by atoms with Gasteiger partial charge in [0.25, 0.3) is 5.89 Å². The normalized spacial score (nSPS) is 10.7. The van der Waals surface area contributed by atoms with Crippen LogP contribution in [0.4, 0.5) is 0 Å². The Morgan fingerprint density at radius 3 is 3.00 bits per heavy atom. The average molecular weight is 198 g/mol. The summed E-state index contributed by atoms with van der Waals surface area (Å²) in [4.78, 5) is 8.46. The van der Waals surface area contributed by atoms with Crippen molar-refractivity contribution in [3.8, 4) is 11.6 Å². The first kappa shape index (κ1) is 8.05. The molecule has 3 rings (SSSR count). The molecule has 3 heterocycles. The van der Waals surface area contributed by atoms with E-state index in [1.807, 2.05) is 24.3 Å². The van der Waals surface area contributed by atoms with E-state index < -0.39 is 0 Å². The van der Waals surface area contributed by atoms with Crippen molar-refractivity contribution in [3.63, 3.8) is 0 Å². The molecule has 0 amide bonds. The van der Waals surface area contributed by atoms with E-state index in [2.05, 4.69) is 20.2 Å². The van der Waals surface area contributed by atoms with E-state index >= 15 is 0 Å². The average Bonchev–Trinajstić information content (AvgIpc) is 2.82. The molecule has 15 heavy (non-hydrogen) atoms. The molecule has 0 aliphatic rings. The van der Waals surface area contributed by atoms with Crippen LogP contribution in [0.25, 0.3) is 22.6 Å². The van der Waals surface area contributed by atoms with E-state index in [1.54, 1.807) is 6.20 Å². The molecule has 3 aromatic heterocycles. The van der Waals surface area contributed by atoms with E-state index in [1.165, 1.54) is 6.39 Å². The summed E-state index contributed by atoms with van der Waals surface area (Å²) < 4.78 is 5.06. The molecule has 5 nitrogen and oxygen atoms in total. The molecule has 0 fully saturated rings. The van der Waals surface area contributed by atoms with Crippen molar-refractivity contribution in [2.45, 2.75) is 0 Å². The lowest BCUT2D eigenvalue weighted by Gasteiger charge is -1.97. The third-order valence-corrected chi connectivity index (χ3v) is 2.04. The number of hydrogen-bond donors (Lipinski definition) is 0. The van der Waals surface area contributed by atoms with Crippen LogP contribution >= 0.6 is 0 Å². The molecule has 3 aromatic rings. The third kappa shape index (κ3) is 1.34. The van der Waals surface area contributed by atoms with Gasteiger partial charge in [0, 0.05) is 11.6 Å². The molecular formula is C10H6N4O. The predicted octanol–water partition coefficient (Wildman–Crippen LogP) is 1.68. The standard InChI is InChI=1S/C10H6N4O/c1-2-7-3-4-8(10-14-12-6-15-10)13-9(7)11-5-1/h1-6H. The van der Waals surface area contributed by atoms with Crippen LogP contribution in [0, 0.1) is 0 Å². The van der Waals surface area contributed by atoms with Crippen LogP contribution in [-0.4, -0.2) is 20.2 Å². The second kappa shape index (κ2) is 3.13. The number of fused-ring (bicyclic) bond motifs is 1. The van der Waals surface area contributed by atoms with Gasteiger partial charge in [-0.25, -0.2) is 9.97 Å². The SMILES string of the molecule is c1cnc2nc(-c3nnco3)ccc2c1. The lowest BCUT2D eigenvalue weighted by molar-refractivity contribution is 0.566. The van der Waals surface area contributed by atoms with Crippen LogP contribution in [0.5, 0.6) is 0 Å². The summed E-state index contributed by atoms with van der Waals surface area (Å²) in [7, 11) is 0. The summed E-state index contributed by atoms with van der Waals surface area (Å²) in [5.74, 6) is 0.405. The van der Waals surface area contributed by atoms with Gasteiger partial charge in [-0.2, -0.15) is 0 Å². The highest BCUT2D eigenvalue weighted by Gasteiger charge is 2.05. The van der Waals surface area contributed by atoms with E-state index in [9.17, 15) is 0 Å². The summed E-state index contributed by atoms with van der Waals surface area (Å²) in [6.45, 7) is 0. The first-order valence-electron chi connectivity index (χ1n) is 4.42. The van der Waals surface area contributed by atoms with Crippen molar-refractivity contribution in [1.29, 1.82) is 0 Å². The maximum atomic E-state index is 5.06. The van der Waals surface area contributed by atoms with Crippen LogP contribution in [0.2, 0.25) is 0 Å². The molecule has 0 radical (unpaired) electrons. The smallest absolute Gasteiger partial charge is 0.266 e. The fraction of sp³-hybridized carbons (Fsp3) is 0. The fourth-order valence-electron chi connectivity index (χ4n) is 1.36. The van der Waals surface area contributed by atoms with Crippen molar-refractivity contribution in [3.05, 3.63) is 36.9 Å². The Balaban J connectivity index is 2.22. The van der Waals surface area contributed by atoms with E-state index in [4.69, 9.17) is 4.42 Å². The quantitative estimate of drug-likeness (QED) is 0.595. The Morgan fingerprint density at radius 2 is 2.13 bits per heavy atom. The van der Waals surface area contributed by atoms with E-state index in [-0.39, 0.29) is 0 Å². The zero-order valence-corrected chi connectivity index (χ0v) is 7.66. The Hall–Kier alpha value is -2.30. The summed E-state index contributed by atoms with van der Waals surface area (Å²) >= 11 is 0. The monoisotopic (exact) mass is 198 g/mol. The molecular weight excluding hydrogens is 192 g/mol. The predicted molar refractivity (Wildman–Crippen MR) is 52.8 cm³/mol. The van der Waals surface area contributed by atoms with Gasteiger partial charge in [0.1, 0.15) is 5.69 Å². The molecule has 0 atom stereocenters. The largest absolute Gasteiger partial charge is 0.422 e. The highest BCUT2D eigenvalue weighted by Crippen LogP contribution is 2.16. The Bertz CT molecular complexity index is 591. The van der Waals surface area contributed by atoms with Crippen molar-refractivity contribution in [2.75, 3.05) is 0 Å². The van der Waals surface area contributed by atoms with Crippen molar-refractivity contribution in [2.24, 2.45) is 0 Å². The lowest BCUT2D eigenvalue weighted by Crippen LogP contribution is -1.87. The minimum Gasteiger partial charge on any atom is -0.422 e. The molecule has 0 aliphatic heterocycles. The van der Waals surface area contributed by atoms with Gasteiger partial charge in [-0.05, 0) is 24.3 Å². The van der Waals surface area contributed by atoms with Gasteiger partial charge in [0.2, 0.25) is 6.39 Å². The van der Waals surface area contributed by atoms with Crippen molar-refractivity contribution < 1.29 is 4.42 Å². The maximum absolute atomic E-state index is 5.06. The second-order valence-electron chi connectivity index (χ2n) is 2.99. The topological polar surface area (TPSA) is 64.7 Å². The van der Waals surface area contributed by atoms with Gasteiger partial charge in [0.05, 0.1) is 0 Å². The van der Waals surface area contributed by atoms with Crippen LogP contribution in [-0.2, 0) is 0 Å². The van der Waals surface area contributed by atoms with Gasteiger partial charge in [-0.1, -0.05) is 0 Å². The zero-order chi connectivity index (χ0) is 10.1. The van der Waals surface area contributed by atoms with Gasteiger partial charge in [-0.3, -0.25) is 0 Å². The molecule has 0 aliphatic carbocycles. The molecule has 0 aromatic carbocycles. The molecule has 0 unspecified atom stereocenters. The summed E-state index contributed by atoms with van der Waals surface area (Å²) in [6.07, 6.45) is 2.98. The number of pyridine rings is 2. The van der Waals surface area contributed by atoms with Gasteiger partial charge >= 0.3 is 0 Å². The zero-order valence-electron chi connectivity index (χ0n) is 7.66. The highest BCUT2D eigenvalue weighted by molar-refractivity contribution is 5.76. The van der Waals surface area contributed by atoms with Crippen LogP contribution in [0.1, 0.15) is 0 Å². The number of aromatic nitrogens is 4. The first-order chi connectivity index (χ1) is 7.43. The van der Waals surface area contributed by atoms with E-state index in [0.29, 0.717) is 17.2 Å². The lowest BCUT2D eigenvalue weighted by atomic mass is 10.2. The minimum absolute atomic E-state index is 0.405. The molecule has 0 saturated heterocycles. The van der Waals surface area contributed by atoms with Crippen LogP contribution in [0.3, 0.4) is 0 Å². The van der Waals surface area contributed by atoms with E-state index in [0.717, 1.165) is 5.39 Å². The van der Waals surface area contributed by atoms with Gasteiger partial charge < -0.3 is 4.42 Å². The minimum atomic E-state index is 0.405. The van der Waals surface area contributed by atoms with Gasteiger partial charge in [0.15, 0.2) is 5.65 Å². The Kier molecular flexibility index (Phi) is 1.68. The van der Waals surface area contributed by atoms with Crippen LogP contribution in [0.15, 0.2) is 41.3 Å². The first-order valence-corrected chi connectivity index (χ1v) is 4.42. The molecule has 0 saturated carbocycles. The Morgan fingerprint density at radius 1 is 1.13 bits per heavy atom. The van der Waals surface area contributed by atoms with Crippen molar-refractivity contribution >= 4 is 11.0 Å². The summed E-state index contributed by atoms with van der Waals surface area (Å²) in [5.41, 5.74) is 1.31. The maximum Gasteiger partial charge on any atom is 0.266 e. The number of nitrogens with zero attached hydrogens (tertiary/aromatic N) is 4. The summed E-state index contributed by atoms with van der Waals surface area (Å²) in [6, 6.07) is 7.58.